The summed E-state index contributed by atoms with van der Waals surface area (Å²) in [6.45, 7) is 0. The molecule has 0 saturated heterocycles. The molecule has 2 rings (SSSR count). The van der Waals surface area contributed by atoms with E-state index in [0.717, 1.165) is 3.79 Å². The van der Waals surface area contributed by atoms with Gasteiger partial charge in [0.15, 0.2) is 5.78 Å². The zero-order chi connectivity index (χ0) is 13.1. The fourth-order valence-corrected chi connectivity index (χ4v) is 2.88. The Kier molecular flexibility index (Phi) is 3.90. The number of carbonyl (C=O) groups excluding carboxylic acids is 1. The molecule has 90 valence electrons. The van der Waals surface area contributed by atoms with Gasteiger partial charge in [0.2, 0.25) is 0 Å². The van der Waals surface area contributed by atoms with E-state index >= 15 is 0 Å². The summed E-state index contributed by atoms with van der Waals surface area (Å²) in [7, 11) is 0. The molecule has 1 atom stereocenters. The number of benzene rings is 1. The summed E-state index contributed by atoms with van der Waals surface area (Å²) < 4.78 is 13.6. The van der Waals surface area contributed by atoms with E-state index < -0.39 is 5.92 Å². The Morgan fingerprint density at radius 3 is 2.44 bits per heavy atom. The van der Waals surface area contributed by atoms with E-state index in [1.165, 1.54) is 35.6 Å². The third-order valence-electron chi connectivity index (χ3n) is 2.41. The zero-order valence-corrected chi connectivity index (χ0v) is 11.5. The monoisotopic (exact) mass is 323 g/mol. The second-order valence-electron chi connectivity index (χ2n) is 3.58. The average molecular weight is 324 g/mol. The zero-order valence-electron chi connectivity index (χ0n) is 9.06. The van der Waals surface area contributed by atoms with Gasteiger partial charge in [0.05, 0.1) is 14.7 Å². The summed E-state index contributed by atoms with van der Waals surface area (Å²) in [5, 5.41) is 9.12. The smallest absolute Gasteiger partial charge is 0.194 e. The van der Waals surface area contributed by atoms with Gasteiger partial charge in [-0.2, -0.15) is 5.26 Å². The van der Waals surface area contributed by atoms with Gasteiger partial charge in [-0.1, -0.05) is 12.1 Å². The number of nitriles is 1. The van der Waals surface area contributed by atoms with Gasteiger partial charge in [0, 0.05) is 0 Å². The van der Waals surface area contributed by atoms with Crippen LogP contribution in [0, 0.1) is 17.1 Å². The molecule has 0 bridgehead atoms. The number of nitrogens with zero attached hydrogens (tertiary/aromatic N) is 1. The minimum atomic E-state index is -0.892. The predicted octanol–water partition coefficient (Wildman–Crippen LogP) is 4.14. The highest BCUT2D eigenvalue weighted by Gasteiger charge is 2.23. The van der Waals surface area contributed by atoms with Crippen LogP contribution in [0.5, 0.6) is 0 Å². The van der Waals surface area contributed by atoms with Crippen molar-refractivity contribution in [3.8, 4) is 6.07 Å². The molecule has 18 heavy (non-hydrogen) atoms. The first kappa shape index (κ1) is 12.9. The Balaban J connectivity index is 2.32. The van der Waals surface area contributed by atoms with Gasteiger partial charge in [-0.05, 0) is 45.8 Å². The first-order valence-electron chi connectivity index (χ1n) is 5.06. The standard InChI is InChI=1S/C13H7BrFNOS/c14-12-6-5-11(18-12)13(17)10(7-16)8-1-3-9(15)4-2-8/h1-6,10H. The fourth-order valence-electron chi connectivity index (χ4n) is 1.53. The summed E-state index contributed by atoms with van der Waals surface area (Å²) >= 11 is 4.55. The maximum absolute atomic E-state index is 12.8. The molecular weight excluding hydrogens is 317 g/mol. The van der Waals surface area contributed by atoms with E-state index in [4.69, 9.17) is 5.26 Å². The third kappa shape index (κ3) is 2.66. The van der Waals surface area contributed by atoms with Gasteiger partial charge in [-0.15, -0.1) is 11.3 Å². The first-order chi connectivity index (χ1) is 8.61. The Morgan fingerprint density at radius 2 is 1.94 bits per heavy atom. The highest BCUT2D eigenvalue weighted by atomic mass is 79.9. The van der Waals surface area contributed by atoms with E-state index in [-0.39, 0.29) is 11.6 Å². The molecule has 0 radical (unpaired) electrons. The van der Waals surface area contributed by atoms with Crippen molar-refractivity contribution in [1.82, 2.24) is 0 Å². The summed E-state index contributed by atoms with van der Waals surface area (Å²) in [6, 6.07) is 10.8. The molecule has 5 heteroatoms. The van der Waals surface area contributed by atoms with Gasteiger partial charge in [0.1, 0.15) is 11.7 Å². The van der Waals surface area contributed by atoms with E-state index in [9.17, 15) is 9.18 Å². The summed E-state index contributed by atoms with van der Waals surface area (Å²) in [6.07, 6.45) is 0. The van der Waals surface area contributed by atoms with Gasteiger partial charge in [-0.3, -0.25) is 4.79 Å². The van der Waals surface area contributed by atoms with Crippen molar-refractivity contribution in [3.05, 3.63) is 56.4 Å². The Bertz CT molecular complexity index is 615. The van der Waals surface area contributed by atoms with Crippen LogP contribution in [0.25, 0.3) is 0 Å². The average Bonchev–Trinajstić information content (AvgIpc) is 2.79. The quantitative estimate of drug-likeness (QED) is 0.796. The molecule has 0 saturated carbocycles. The van der Waals surface area contributed by atoms with Crippen LogP contribution in [-0.4, -0.2) is 5.78 Å². The number of ketones is 1. The molecule has 0 spiro atoms. The highest BCUT2D eigenvalue weighted by molar-refractivity contribution is 9.11. The normalized spacial score (nSPS) is 11.8. The van der Waals surface area contributed by atoms with E-state index in [2.05, 4.69) is 15.9 Å². The van der Waals surface area contributed by atoms with Gasteiger partial charge >= 0.3 is 0 Å². The van der Waals surface area contributed by atoms with Crippen LogP contribution in [0.15, 0.2) is 40.2 Å². The Morgan fingerprint density at radius 1 is 1.28 bits per heavy atom. The van der Waals surface area contributed by atoms with Crippen molar-refractivity contribution >= 4 is 33.0 Å². The maximum Gasteiger partial charge on any atom is 0.194 e. The number of hydrogen-bond donors (Lipinski definition) is 0. The molecule has 1 aromatic carbocycles. The van der Waals surface area contributed by atoms with Crippen molar-refractivity contribution in [2.75, 3.05) is 0 Å². The minimum absolute atomic E-state index is 0.264. The van der Waals surface area contributed by atoms with Gasteiger partial charge in [0.25, 0.3) is 0 Å². The maximum atomic E-state index is 12.8. The molecular formula is C13H7BrFNOS. The second-order valence-corrected chi connectivity index (χ2v) is 6.04. The van der Waals surface area contributed by atoms with Crippen LogP contribution in [-0.2, 0) is 0 Å². The molecule has 1 unspecified atom stereocenters. The molecule has 1 aromatic heterocycles. The summed E-state index contributed by atoms with van der Waals surface area (Å²) in [4.78, 5) is 12.7. The van der Waals surface area contributed by atoms with Crippen molar-refractivity contribution < 1.29 is 9.18 Å². The van der Waals surface area contributed by atoms with Gasteiger partial charge < -0.3 is 0 Å². The number of halogens is 2. The van der Waals surface area contributed by atoms with Crippen LogP contribution in [0.3, 0.4) is 0 Å². The molecule has 0 fully saturated rings. The lowest BCUT2D eigenvalue weighted by Crippen LogP contribution is -2.09. The van der Waals surface area contributed by atoms with Crippen LogP contribution in [0.1, 0.15) is 21.2 Å². The molecule has 0 aliphatic heterocycles. The Hall–Kier alpha value is -1.51. The van der Waals surface area contributed by atoms with E-state index in [1.807, 2.05) is 6.07 Å². The summed E-state index contributed by atoms with van der Waals surface area (Å²) in [5.74, 6) is -1.54. The first-order valence-corrected chi connectivity index (χ1v) is 6.67. The lowest BCUT2D eigenvalue weighted by molar-refractivity contribution is 0.0983. The van der Waals surface area contributed by atoms with Gasteiger partial charge in [-0.25, -0.2) is 4.39 Å². The largest absolute Gasteiger partial charge is 0.291 e. The number of Topliss-reactive ketones (excluding diaryl/α,β-unsaturated/α-hetero) is 1. The van der Waals surface area contributed by atoms with Crippen molar-refractivity contribution in [2.45, 2.75) is 5.92 Å². The number of rotatable bonds is 3. The Labute approximate surface area is 116 Å². The van der Waals surface area contributed by atoms with Crippen molar-refractivity contribution in [1.29, 1.82) is 5.26 Å². The SMILES string of the molecule is N#CC(C(=O)c1ccc(Br)s1)c1ccc(F)cc1. The predicted molar refractivity (Wildman–Crippen MR) is 71.1 cm³/mol. The summed E-state index contributed by atoms with van der Waals surface area (Å²) in [5.41, 5.74) is 0.508. The lowest BCUT2D eigenvalue weighted by Gasteiger charge is -2.06. The molecule has 1 heterocycles. The van der Waals surface area contributed by atoms with Crippen LogP contribution in [0.2, 0.25) is 0 Å². The van der Waals surface area contributed by atoms with Crippen LogP contribution >= 0.6 is 27.3 Å². The molecule has 0 aliphatic carbocycles. The minimum Gasteiger partial charge on any atom is -0.291 e. The number of carbonyl (C=O) groups is 1. The third-order valence-corrected chi connectivity index (χ3v) is 4.05. The lowest BCUT2D eigenvalue weighted by atomic mass is 9.95. The fraction of sp³-hybridized carbons (Fsp3) is 0.0769. The highest BCUT2D eigenvalue weighted by Crippen LogP contribution is 2.28. The van der Waals surface area contributed by atoms with Crippen LogP contribution in [0.4, 0.5) is 4.39 Å². The van der Waals surface area contributed by atoms with E-state index in [0.29, 0.717) is 10.4 Å². The molecule has 0 amide bonds. The number of thiophene rings is 1. The number of hydrogen-bond acceptors (Lipinski definition) is 3. The second kappa shape index (κ2) is 5.42. The molecule has 2 nitrogen and oxygen atoms in total. The van der Waals surface area contributed by atoms with Crippen LogP contribution < -0.4 is 0 Å². The molecule has 2 aromatic rings. The molecule has 0 aliphatic rings. The van der Waals surface area contributed by atoms with Crippen molar-refractivity contribution in [2.24, 2.45) is 0 Å². The van der Waals surface area contributed by atoms with Crippen molar-refractivity contribution in [3.63, 3.8) is 0 Å². The molecule has 0 N–H and O–H groups in total. The van der Waals surface area contributed by atoms with E-state index in [1.54, 1.807) is 12.1 Å². The topological polar surface area (TPSA) is 40.9 Å².